The Balaban J connectivity index is 2.15. The maximum atomic E-state index is 12.9. The lowest BCUT2D eigenvalue weighted by atomic mass is 10.2. The smallest absolute Gasteiger partial charge is 0.174 e. The number of ketones is 1. The van der Waals surface area contributed by atoms with Crippen LogP contribution in [0.1, 0.15) is 10.4 Å². The maximum absolute atomic E-state index is 12.9. The van der Waals surface area contributed by atoms with Crippen molar-refractivity contribution in [3.8, 4) is 0 Å². The minimum absolute atomic E-state index is 0.264. The van der Waals surface area contributed by atoms with E-state index in [0.29, 0.717) is 15.4 Å². The maximum Gasteiger partial charge on any atom is 0.174 e. The van der Waals surface area contributed by atoms with Crippen LogP contribution in [0, 0.1) is 10.2 Å². The van der Waals surface area contributed by atoms with Gasteiger partial charge in [0.2, 0.25) is 0 Å². The molecular formula is C20H17ClO5S. The standard InChI is InChI=1S/C20H17ClO5S/c22-20(17-10-4-1-5-11-17)16-27(26-21(23,24)25,18-12-6-2-7-13-18)19-14-8-3-9-15-19/h1-15H,16H2. The number of carbonyl (C=O) groups excluding carboxylic acids is 1. The van der Waals surface area contributed by atoms with Gasteiger partial charge in [0.25, 0.3) is 0 Å². The van der Waals surface area contributed by atoms with Gasteiger partial charge in [-0.25, -0.2) is 0 Å². The number of carbonyl (C=O) groups is 1. The lowest BCUT2D eigenvalue weighted by molar-refractivity contribution is -1.91. The first-order valence-electron chi connectivity index (χ1n) is 8.02. The first-order valence-corrected chi connectivity index (χ1v) is 11.0. The second-order valence-corrected chi connectivity index (χ2v) is 9.52. The molecule has 0 bridgehead atoms. The molecule has 3 aromatic rings. The van der Waals surface area contributed by atoms with E-state index < -0.39 is 20.6 Å². The van der Waals surface area contributed by atoms with Crippen LogP contribution >= 0.6 is 10.3 Å². The fraction of sp³-hybridized carbons (Fsp3) is 0.0500. The lowest BCUT2D eigenvalue weighted by Gasteiger charge is -2.34. The van der Waals surface area contributed by atoms with E-state index in [1.54, 1.807) is 91.0 Å². The third-order valence-electron chi connectivity index (χ3n) is 3.86. The van der Waals surface area contributed by atoms with Gasteiger partial charge in [-0.15, -0.1) is 0 Å². The SMILES string of the molecule is O=C(CS(O[Cl+3]([O-])([O-])[O-])(c1ccccc1)c1ccccc1)c1ccccc1. The molecule has 0 radical (unpaired) electrons. The second kappa shape index (κ2) is 8.22. The van der Waals surface area contributed by atoms with Gasteiger partial charge >= 0.3 is 0 Å². The van der Waals surface area contributed by atoms with E-state index in [9.17, 15) is 18.8 Å². The van der Waals surface area contributed by atoms with Crippen molar-refractivity contribution in [1.82, 2.24) is 0 Å². The first-order chi connectivity index (χ1) is 12.9. The van der Waals surface area contributed by atoms with Gasteiger partial charge in [0.15, 0.2) is 5.78 Å². The van der Waals surface area contributed by atoms with Crippen LogP contribution in [0.25, 0.3) is 0 Å². The van der Waals surface area contributed by atoms with Gasteiger partial charge in [0.05, 0.1) is 26.3 Å². The average Bonchev–Trinajstić information content (AvgIpc) is 2.68. The Morgan fingerprint density at radius 3 is 1.56 bits per heavy atom. The summed E-state index contributed by atoms with van der Waals surface area (Å²) < 4.78 is 40.0. The van der Waals surface area contributed by atoms with Crippen LogP contribution in [0.15, 0.2) is 101 Å². The molecule has 27 heavy (non-hydrogen) atoms. The molecule has 0 saturated heterocycles. The number of hydrogen-bond acceptors (Lipinski definition) is 5. The number of halogens is 1. The highest BCUT2D eigenvalue weighted by atomic mass is 35.7. The van der Waals surface area contributed by atoms with Crippen LogP contribution in [0.3, 0.4) is 0 Å². The molecule has 5 nitrogen and oxygen atoms in total. The van der Waals surface area contributed by atoms with Crippen LogP contribution in [-0.2, 0) is 3.74 Å². The molecule has 0 N–H and O–H groups in total. The third-order valence-corrected chi connectivity index (χ3v) is 8.08. The summed E-state index contributed by atoms with van der Waals surface area (Å²) in [7, 11) is -7.68. The van der Waals surface area contributed by atoms with E-state index in [4.69, 9.17) is 3.74 Å². The molecule has 0 unspecified atom stereocenters. The highest BCUT2D eigenvalue weighted by Crippen LogP contribution is 2.64. The molecule has 3 rings (SSSR count). The van der Waals surface area contributed by atoms with Gasteiger partial charge < -0.3 is 0 Å². The molecule has 7 heteroatoms. The highest BCUT2D eigenvalue weighted by Gasteiger charge is 2.46. The monoisotopic (exact) mass is 404 g/mol. The topological polar surface area (TPSA) is 95.5 Å². The number of Topliss-reactive ketones (excluding diaryl/α,β-unsaturated/α-hetero) is 1. The lowest BCUT2D eigenvalue weighted by Crippen LogP contribution is -2.61. The Morgan fingerprint density at radius 1 is 0.741 bits per heavy atom. The van der Waals surface area contributed by atoms with Crippen LogP contribution in [0.2, 0.25) is 0 Å². The van der Waals surface area contributed by atoms with Crippen molar-refractivity contribution >= 4 is 16.1 Å². The van der Waals surface area contributed by atoms with Crippen LogP contribution in [0.4, 0.5) is 0 Å². The molecular weight excluding hydrogens is 388 g/mol. The largest absolute Gasteiger partial charge is 0.293 e. The van der Waals surface area contributed by atoms with Gasteiger partial charge in [-0.1, -0.05) is 66.7 Å². The van der Waals surface area contributed by atoms with Gasteiger partial charge in [0, 0.05) is 15.4 Å². The molecule has 0 atom stereocenters. The molecule has 0 fully saturated rings. The minimum atomic E-state index is -4.76. The fourth-order valence-electron chi connectivity index (χ4n) is 2.70. The van der Waals surface area contributed by atoms with Gasteiger partial charge in [-0.3, -0.25) is 4.79 Å². The zero-order chi connectivity index (χ0) is 19.3. The van der Waals surface area contributed by atoms with E-state index in [1.807, 2.05) is 0 Å². The molecule has 0 aliphatic heterocycles. The van der Waals surface area contributed by atoms with E-state index in [-0.39, 0.29) is 11.5 Å². The second-order valence-electron chi connectivity index (χ2n) is 5.68. The Bertz CT molecular complexity index is 843. The van der Waals surface area contributed by atoms with Gasteiger partial charge in [-0.05, 0) is 24.3 Å². The van der Waals surface area contributed by atoms with E-state index >= 15 is 0 Å². The van der Waals surface area contributed by atoms with Crippen LogP contribution in [0.5, 0.6) is 0 Å². The predicted octanol–water partition coefficient (Wildman–Crippen LogP) is 1.62. The summed E-state index contributed by atoms with van der Waals surface area (Å²) in [5, 5.41) is 0. The Morgan fingerprint density at radius 2 is 1.15 bits per heavy atom. The highest BCUT2D eigenvalue weighted by molar-refractivity contribution is 8.30. The predicted molar refractivity (Wildman–Crippen MR) is 93.7 cm³/mol. The zero-order valence-corrected chi connectivity index (χ0v) is 15.8. The van der Waals surface area contributed by atoms with E-state index in [1.165, 1.54) is 0 Å². The van der Waals surface area contributed by atoms with E-state index in [2.05, 4.69) is 0 Å². The van der Waals surface area contributed by atoms with E-state index in [0.717, 1.165) is 0 Å². The van der Waals surface area contributed by atoms with Crippen molar-refractivity contribution in [2.45, 2.75) is 9.79 Å². The molecule has 0 saturated carbocycles. The molecule has 140 valence electrons. The molecule has 0 spiro atoms. The Kier molecular flexibility index (Phi) is 5.96. The Hall–Kier alpha value is -2.19. The average molecular weight is 405 g/mol. The molecule has 0 heterocycles. The normalized spacial score (nSPS) is 12.6. The molecule has 0 amide bonds. The van der Waals surface area contributed by atoms with Gasteiger partial charge in [0.1, 0.15) is 3.74 Å². The van der Waals surface area contributed by atoms with Crippen molar-refractivity contribution in [3.63, 3.8) is 0 Å². The molecule has 3 aromatic carbocycles. The molecule has 0 aromatic heterocycles. The third kappa shape index (κ3) is 4.75. The number of hydrogen-bond donors (Lipinski definition) is 0. The molecule has 0 aliphatic carbocycles. The summed E-state index contributed by atoms with van der Waals surface area (Å²) >= 11 is 0. The number of benzene rings is 3. The summed E-state index contributed by atoms with van der Waals surface area (Å²) in [5.74, 6) is -0.573. The van der Waals surface area contributed by atoms with Crippen molar-refractivity contribution in [2.24, 2.45) is 0 Å². The number of rotatable bonds is 7. The first kappa shape index (κ1) is 19.6. The van der Waals surface area contributed by atoms with Crippen molar-refractivity contribution in [2.75, 3.05) is 5.75 Å². The molecule has 0 aliphatic rings. The van der Waals surface area contributed by atoms with Crippen LogP contribution < -0.4 is 14.0 Å². The summed E-state index contributed by atoms with van der Waals surface area (Å²) in [6, 6.07) is 25.6. The summed E-state index contributed by atoms with van der Waals surface area (Å²) in [4.78, 5) is 13.9. The Labute approximate surface area is 161 Å². The summed E-state index contributed by atoms with van der Waals surface area (Å²) in [6.07, 6.45) is 0. The van der Waals surface area contributed by atoms with Crippen molar-refractivity contribution < 1.29 is 32.8 Å². The van der Waals surface area contributed by atoms with Gasteiger partial charge in [-0.2, -0.15) is 14.0 Å². The summed E-state index contributed by atoms with van der Waals surface area (Å²) in [6.45, 7) is 0. The minimum Gasteiger partial charge on any atom is -0.293 e. The van der Waals surface area contributed by atoms with Crippen molar-refractivity contribution in [1.29, 1.82) is 0 Å². The fourth-order valence-corrected chi connectivity index (χ4v) is 6.85. The zero-order valence-electron chi connectivity index (χ0n) is 14.2. The summed E-state index contributed by atoms with van der Waals surface area (Å²) in [5.41, 5.74) is 0.421. The quantitative estimate of drug-likeness (QED) is 0.557. The van der Waals surface area contributed by atoms with Crippen LogP contribution in [-0.4, -0.2) is 11.5 Å². The van der Waals surface area contributed by atoms with Crippen molar-refractivity contribution in [3.05, 3.63) is 96.6 Å².